The highest BCUT2D eigenvalue weighted by Gasteiger charge is 2.17. The first-order valence-electron chi connectivity index (χ1n) is 4.35. The van der Waals surface area contributed by atoms with Crippen LogP contribution in [-0.2, 0) is 0 Å². The lowest BCUT2D eigenvalue weighted by molar-refractivity contribution is -0.384. The van der Waals surface area contributed by atoms with Gasteiger partial charge < -0.3 is 10.3 Å². The fourth-order valence-corrected chi connectivity index (χ4v) is 2.02. The van der Waals surface area contributed by atoms with Gasteiger partial charge in [-0.1, -0.05) is 16.8 Å². The van der Waals surface area contributed by atoms with Crippen molar-refractivity contribution in [2.45, 2.75) is 0 Å². The topological polar surface area (TPSA) is 95.2 Å². The van der Waals surface area contributed by atoms with E-state index in [-0.39, 0.29) is 16.5 Å². The van der Waals surface area contributed by atoms with Crippen LogP contribution >= 0.6 is 34.2 Å². The van der Waals surface area contributed by atoms with Crippen molar-refractivity contribution in [1.29, 1.82) is 0 Å². The summed E-state index contributed by atoms with van der Waals surface area (Å²) in [7, 11) is 0. The Morgan fingerprint density at radius 2 is 2.18 bits per heavy atom. The number of benzene rings is 1. The van der Waals surface area contributed by atoms with E-state index in [1.54, 1.807) is 6.07 Å². The molecule has 0 unspecified atom stereocenters. The first-order chi connectivity index (χ1) is 7.99. The van der Waals surface area contributed by atoms with Crippen molar-refractivity contribution in [1.82, 2.24) is 5.16 Å². The highest BCUT2D eigenvalue weighted by molar-refractivity contribution is 14.1. The highest BCUT2D eigenvalue weighted by atomic mass is 127. The molecule has 0 atom stereocenters. The summed E-state index contributed by atoms with van der Waals surface area (Å²) >= 11 is 7.75. The molecule has 0 aliphatic rings. The Kier molecular flexibility index (Phi) is 3.20. The van der Waals surface area contributed by atoms with Gasteiger partial charge >= 0.3 is 0 Å². The third-order valence-electron chi connectivity index (χ3n) is 2.02. The van der Waals surface area contributed by atoms with Crippen molar-refractivity contribution in [3.63, 3.8) is 0 Å². The Balaban J connectivity index is 2.60. The van der Waals surface area contributed by atoms with E-state index in [9.17, 15) is 10.1 Å². The van der Waals surface area contributed by atoms with Gasteiger partial charge in [-0.15, -0.1) is 0 Å². The Morgan fingerprint density at radius 1 is 1.47 bits per heavy atom. The van der Waals surface area contributed by atoms with Crippen molar-refractivity contribution in [2.24, 2.45) is 0 Å². The van der Waals surface area contributed by atoms with Crippen LogP contribution in [0.3, 0.4) is 0 Å². The van der Waals surface area contributed by atoms with Crippen LogP contribution in [0.4, 0.5) is 11.5 Å². The average Bonchev–Trinajstić information content (AvgIpc) is 2.59. The van der Waals surface area contributed by atoms with Gasteiger partial charge in [0.1, 0.15) is 3.57 Å². The van der Waals surface area contributed by atoms with Gasteiger partial charge in [0.25, 0.3) is 5.69 Å². The Labute approximate surface area is 114 Å². The van der Waals surface area contributed by atoms with E-state index in [2.05, 4.69) is 5.16 Å². The number of anilines is 1. The maximum atomic E-state index is 10.7. The number of non-ortho nitro benzene ring substituents is 1. The monoisotopic (exact) mass is 365 g/mol. The minimum Gasteiger partial charge on any atom is -0.380 e. The molecule has 2 rings (SSSR count). The molecule has 0 aliphatic carbocycles. The van der Waals surface area contributed by atoms with Crippen LogP contribution in [0, 0.1) is 13.7 Å². The molecule has 1 heterocycles. The predicted octanol–water partition coefficient (Wildman–Crippen LogP) is 3.09. The number of nitrogen functional groups attached to an aromatic ring is 1. The summed E-state index contributed by atoms with van der Waals surface area (Å²) in [6.45, 7) is 0. The van der Waals surface area contributed by atoms with Crippen molar-refractivity contribution in [3.8, 4) is 11.3 Å². The molecule has 2 aromatic rings. The second kappa shape index (κ2) is 4.49. The minimum absolute atomic E-state index is 0.113. The minimum atomic E-state index is -0.526. The van der Waals surface area contributed by atoms with E-state index in [0.717, 1.165) is 0 Å². The van der Waals surface area contributed by atoms with Gasteiger partial charge in [-0.05, 0) is 28.7 Å². The number of nitrogens with two attached hydrogens (primary N) is 1. The zero-order valence-corrected chi connectivity index (χ0v) is 11.1. The van der Waals surface area contributed by atoms with Crippen molar-refractivity contribution in [2.75, 3.05) is 5.73 Å². The van der Waals surface area contributed by atoms with Gasteiger partial charge in [0.15, 0.2) is 11.6 Å². The van der Waals surface area contributed by atoms with E-state index >= 15 is 0 Å². The lowest BCUT2D eigenvalue weighted by Gasteiger charge is -1.99. The number of hydrogen-bond donors (Lipinski definition) is 1. The van der Waals surface area contributed by atoms with Crippen LogP contribution < -0.4 is 5.73 Å². The second-order valence-corrected chi connectivity index (χ2v) is 4.68. The summed E-state index contributed by atoms with van der Waals surface area (Å²) in [5, 5.41) is 14.5. The molecular formula is C9H5ClIN3O3. The van der Waals surface area contributed by atoms with Crippen LogP contribution in [0.15, 0.2) is 22.7 Å². The molecule has 6 nitrogen and oxygen atoms in total. The Hall–Kier alpha value is -1.35. The van der Waals surface area contributed by atoms with Gasteiger partial charge in [-0.2, -0.15) is 0 Å². The lowest BCUT2D eigenvalue weighted by Crippen LogP contribution is -1.90. The summed E-state index contributed by atoms with van der Waals surface area (Å²) in [5.41, 5.74) is 5.89. The molecule has 0 fully saturated rings. The molecule has 2 N–H and O–H groups in total. The average molecular weight is 366 g/mol. The van der Waals surface area contributed by atoms with Gasteiger partial charge in [0, 0.05) is 22.7 Å². The van der Waals surface area contributed by atoms with E-state index < -0.39 is 4.92 Å². The zero-order valence-electron chi connectivity index (χ0n) is 8.18. The van der Waals surface area contributed by atoms with Crippen LogP contribution in [0.5, 0.6) is 0 Å². The summed E-state index contributed by atoms with van der Waals surface area (Å²) in [6, 6.07) is 4.17. The molecule has 88 valence electrons. The molecule has 0 amide bonds. The lowest BCUT2D eigenvalue weighted by atomic mass is 10.1. The SMILES string of the molecule is Nc1noc(-c2cc(Cl)cc([N+](=O)[O-])c2)c1I. The third-order valence-corrected chi connectivity index (χ3v) is 3.28. The molecule has 8 heteroatoms. The summed E-state index contributed by atoms with van der Waals surface area (Å²) in [5.74, 6) is 0.608. The fourth-order valence-electron chi connectivity index (χ4n) is 1.28. The van der Waals surface area contributed by atoms with Crippen molar-refractivity contribution >= 4 is 45.7 Å². The molecule has 17 heavy (non-hydrogen) atoms. The number of nitro groups is 1. The van der Waals surface area contributed by atoms with E-state index in [1.165, 1.54) is 12.1 Å². The molecule has 0 aliphatic heterocycles. The third kappa shape index (κ3) is 2.34. The summed E-state index contributed by atoms with van der Waals surface area (Å²) in [4.78, 5) is 10.2. The Morgan fingerprint density at radius 3 is 2.71 bits per heavy atom. The molecule has 0 spiro atoms. The standard InChI is InChI=1S/C9H5ClIN3O3/c10-5-1-4(2-6(3-5)14(15)16)8-7(11)9(12)13-17-8/h1-3H,(H2,12,13). The quantitative estimate of drug-likeness (QED) is 0.501. The van der Waals surface area contributed by atoms with Crippen LogP contribution in [-0.4, -0.2) is 10.1 Å². The van der Waals surface area contributed by atoms with E-state index in [4.69, 9.17) is 21.9 Å². The summed E-state index contributed by atoms with van der Waals surface area (Å²) in [6.07, 6.45) is 0. The first kappa shape index (κ1) is 12.1. The molecule has 0 radical (unpaired) electrons. The summed E-state index contributed by atoms with van der Waals surface area (Å²) < 4.78 is 5.60. The van der Waals surface area contributed by atoms with Crippen molar-refractivity contribution in [3.05, 3.63) is 36.9 Å². The molecule has 0 saturated heterocycles. The van der Waals surface area contributed by atoms with E-state index in [0.29, 0.717) is 14.9 Å². The maximum Gasteiger partial charge on any atom is 0.271 e. The largest absolute Gasteiger partial charge is 0.380 e. The van der Waals surface area contributed by atoms with Gasteiger partial charge in [0.05, 0.1) is 4.92 Å². The second-order valence-electron chi connectivity index (χ2n) is 3.17. The molecule has 0 saturated carbocycles. The number of rotatable bonds is 2. The highest BCUT2D eigenvalue weighted by Crippen LogP contribution is 2.33. The number of nitro benzene ring substituents is 1. The van der Waals surface area contributed by atoms with Crippen LogP contribution in [0.1, 0.15) is 0 Å². The molecule has 0 bridgehead atoms. The number of halogens is 2. The van der Waals surface area contributed by atoms with Crippen molar-refractivity contribution < 1.29 is 9.45 Å². The van der Waals surface area contributed by atoms with Gasteiger partial charge in [-0.25, -0.2) is 0 Å². The number of aromatic nitrogens is 1. The smallest absolute Gasteiger partial charge is 0.271 e. The first-order valence-corrected chi connectivity index (χ1v) is 5.80. The normalized spacial score (nSPS) is 10.5. The van der Waals surface area contributed by atoms with Gasteiger partial charge in [-0.3, -0.25) is 10.1 Å². The van der Waals surface area contributed by atoms with Gasteiger partial charge in [0.2, 0.25) is 0 Å². The fraction of sp³-hybridized carbons (Fsp3) is 0. The van der Waals surface area contributed by atoms with E-state index in [1.807, 2.05) is 22.6 Å². The Bertz CT molecular complexity index is 599. The zero-order chi connectivity index (χ0) is 12.6. The van der Waals surface area contributed by atoms with Crippen LogP contribution in [0.2, 0.25) is 5.02 Å². The molecule has 1 aromatic heterocycles. The molecular weight excluding hydrogens is 360 g/mol. The predicted molar refractivity (Wildman–Crippen MR) is 70.7 cm³/mol. The van der Waals surface area contributed by atoms with Crippen LogP contribution in [0.25, 0.3) is 11.3 Å². The number of nitrogens with zero attached hydrogens (tertiary/aromatic N) is 2. The molecule has 1 aromatic carbocycles. The maximum absolute atomic E-state index is 10.7. The number of hydrogen-bond acceptors (Lipinski definition) is 5.